The van der Waals surface area contributed by atoms with Gasteiger partial charge in [0.25, 0.3) is 0 Å². The molecule has 18 heavy (non-hydrogen) atoms. The topological polar surface area (TPSA) is 17.1 Å². The molecule has 0 fully saturated rings. The summed E-state index contributed by atoms with van der Waals surface area (Å²) in [5.41, 5.74) is 3.20. The Morgan fingerprint density at radius 1 is 1.00 bits per heavy atom. The third-order valence-electron chi connectivity index (χ3n) is 2.72. The Bertz CT molecular complexity index is 541. The van der Waals surface area contributed by atoms with Gasteiger partial charge >= 0.3 is 0 Å². The average Bonchev–Trinajstić information content (AvgIpc) is 2.40. The highest BCUT2D eigenvalue weighted by molar-refractivity contribution is 6.30. The maximum Gasteiger partial charge on any atom is 0.143 e. The predicted octanol–water partition coefficient (Wildman–Crippen LogP) is 4.17. The number of rotatable bonds is 4. The lowest BCUT2D eigenvalue weighted by atomic mass is 9.98. The van der Waals surface area contributed by atoms with E-state index in [1.165, 1.54) is 5.56 Å². The lowest BCUT2D eigenvalue weighted by Gasteiger charge is -2.07. The number of aldehydes is 1. The second-order valence-corrected chi connectivity index (χ2v) is 4.43. The molecule has 0 heterocycles. The third kappa shape index (κ3) is 3.31. The third-order valence-corrected chi connectivity index (χ3v) is 2.97. The molecule has 2 aromatic carbocycles. The molecule has 0 aliphatic rings. The fraction of sp³-hybridized carbons (Fsp3) is 0.0625. The molecule has 0 radical (unpaired) electrons. The van der Waals surface area contributed by atoms with Crippen LogP contribution in [0.2, 0.25) is 5.02 Å². The van der Waals surface area contributed by atoms with E-state index < -0.39 is 0 Å². The molecule has 0 aliphatic carbocycles. The molecule has 0 saturated heterocycles. The molecule has 2 rings (SSSR count). The van der Waals surface area contributed by atoms with Crippen molar-refractivity contribution in [2.24, 2.45) is 0 Å². The molecule has 0 bridgehead atoms. The molecule has 0 atom stereocenters. The molecule has 2 heteroatoms. The number of hydrogen-bond donors (Lipinski definition) is 0. The van der Waals surface area contributed by atoms with Crippen LogP contribution in [0.4, 0.5) is 0 Å². The van der Waals surface area contributed by atoms with Crippen LogP contribution >= 0.6 is 11.6 Å². The Hall–Kier alpha value is -1.86. The van der Waals surface area contributed by atoms with Gasteiger partial charge in [-0.25, -0.2) is 0 Å². The summed E-state index contributed by atoms with van der Waals surface area (Å²) in [4.78, 5) is 10.7. The highest BCUT2D eigenvalue weighted by Crippen LogP contribution is 2.21. The first-order chi connectivity index (χ1) is 8.79. The van der Waals surface area contributed by atoms with E-state index in [-0.39, 0.29) is 0 Å². The highest BCUT2D eigenvalue weighted by atomic mass is 35.5. The number of allylic oxidation sites excluding steroid dienone is 2. The Morgan fingerprint density at radius 2 is 1.67 bits per heavy atom. The molecule has 90 valence electrons. The summed E-state index contributed by atoms with van der Waals surface area (Å²) in [6, 6.07) is 17.6. The van der Waals surface area contributed by atoms with Gasteiger partial charge in [0.05, 0.1) is 0 Å². The zero-order chi connectivity index (χ0) is 12.8. The van der Waals surface area contributed by atoms with Crippen LogP contribution in [0.3, 0.4) is 0 Å². The van der Waals surface area contributed by atoms with Crippen LogP contribution in [0.1, 0.15) is 11.1 Å². The van der Waals surface area contributed by atoms with Crippen molar-refractivity contribution in [3.05, 3.63) is 76.8 Å². The first kappa shape index (κ1) is 12.6. The highest BCUT2D eigenvalue weighted by Gasteiger charge is 2.03. The van der Waals surface area contributed by atoms with E-state index in [1.807, 2.05) is 42.5 Å². The Morgan fingerprint density at radius 3 is 2.28 bits per heavy atom. The van der Waals surface area contributed by atoms with Crippen molar-refractivity contribution in [1.29, 1.82) is 0 Å². The summed E-state index contributed by atoms with van der Waals surface area (Å²) in [5.74, 6) is 0. The second kappa shape index (κ2) is 6.18. The largest absolute Gasteiger partial charge is 0.299 e. The van der Waals surface area contributed by atoms with E-state index in [9.17, 15) is 4.79 Å². The first-order valence-corrected chi connectivity index (χ1v) is 6.11. The summed E-state index contributed by atoms with van der Waals surface area (Å²) < 4.78 is 0. The van der Waals surface area contributed by atoms with E-state index in [2.05, 4.69) is 12.1 Å². The SMILES string of the molecule is O=C/C=C(\Cc1ccccc1)c1ccc(Cl)cc1. The molecule has 0 spiro atoms. The molecule has 0 N–H and O–H groups in total. The number of hydrogen-bond acceptors (Lipinski definition) is 1. The van der Waals surface area contributed by atoms with Crippen molar-refractivity contribution >= 4 is 23.5 Å². The van der Waals surface area contributed by atoms with Gasteiger partial charge < -0.3 is 0 Å². The lowest BCUT2D eigenvalue weighted by molar-refractivity contribution is -0.104. The van der Waals surface area contributed by atoms with Crippen LogP contribution in [-0.2, 0) is 11.2 Å². The first-order valence-electron chi connectivity index (χ1n) is 5.74. The van der Waals surface area contributed by atoms with Crippen molar-refractivity contribution in [3.8, 4) is 0 Å². The molecule has 0 unspecified atom stereocenters. The van der Waals surface area contributed by atoms with E-state index in [0.29, 0.717) is 5.02 Å². The molecular formula is C16H13ClO. The normalized spacial score (nSPS) is 11.3. The van der Waals surface area contributed by atoms with Crippen LogP contribution in [0.5, 0.6) is 0 Å². The van der Waals surface area contributed by atoms with E-state index in [0.717, 1.165) is 23.8 Å². The summed E-state index contributed by atoms with van der Waals surface area (Å²) in [7, 11) is 0. The van der Waals surface area contributed by atoms with Gasteiger partial charge in [0, 0.05) is 5.02 Å². The minimum Gasteiger partial charge on any atom is -0.299 e. The molecule has 1 nitrogen and oxygen atoms in total. The maximum absolute atomic E-state index is 10.7. The van der Waals surface area contributed by atoms with Crippen LogP contribution in [0.15, 0.2) is 60.7 Å². The fourth-order valence-corrected chi connectivity index (χ4v) is 1.95. The summed E-state index contributed by atoms with van der Waals surface area (Å²) in [6.07, 6.45) is 3.17. The van der Waals surface area contributed by atoms with Crippen LogP contribution < -0.4 is 0 Å². The lowest BCUT2D eigenvalue weighted by Crippen LogP contribution is -1.91. The monoisotopic (exact) mass is 256 g/mol. The number of carbonyl (C=O) groups excluding carboxylic acids is 1. The van der Waals surface area contributed by atoms with Crippen molar-refractivity contribution in [3.63, 3.8) is 0 Å². The van der Waals surface area contributed by atoms with Gasteiger partial charge in [-0.15, -0.1) is 0 Å². The predicted molar refractivity (Wildman–Crippen MR) is 75.6 cm³/mol. The van der Waals surface area contributed by atoms with Gasteiger partial charge in [-0.05, 0) is 41.3 Å². The zero-order valence-corrected chi connectivity index (χ0v) is 10.6. The van der Waals surface area contributed by atoms with E-state index in [4.69, 9.17) is 11.6 Å². The number of carbonyl (C=O) groups is 1. The van der Waals surface area contributed by atoms with Crippen molar-refractivity contribution in [2.75, 3.05) is 0 Å². The average molecular weight is 257 g/mol. The van der Waals surface area contributed by atoms with Crippen LogP contribution in [0.25, 0.3) is 5.57 Å². The summed E-state index contributed by atoms with van der Waals surface area (Å²) in [6.45, 7) is 0. The Balaban J connectivity index is 2.27. The van der Waals surface area contributed by atoms with E-state index >= 15 is 0 Å². The zero-order valence-electron chi connectivity index (χ0n) is 9.84. The van der Waals surface area contributed by atoms with Crippen LogP contribution in [-0.4, -0.2) is 6.29 Å². The van der Waals surface area contributed by atoms with Gasteiger partial charge in [0.2, 0.25) is 0 Å². The van der Waals surface area contributed by atoms with Gasteiger partial charge in [-0.2, -0.15) is 0 Å². The number of halogens is 1. The molecule has 0 saturated carbocycles. The number of benzene rings is 2. The standard InChI is InChI=1S/C16H13ClO/c17-16-8-6-14(7-9-16)15(10-11-18)12-13-4-2-1-3-5-13/h1-11H,12H2/b15-10+. The van der Waals surface area contributed by atoms with Crippen molar-refractivity contribution < 1.29 is 4.79 Å². The molecule has 2 aromatic rings. The fourth-order valence-electron chi connectivity index (χ4n) is 1.82. The van der Waals surface area contributed by atoms with Gasteiger partial charge in [-0.1, -0.05) is 54.1 Å². The van der Waals surface area contributed by atoms with Gasteiger partial charge in [0.15, 0.2) is 0 Å². The summed E-state index contributed by atoms with van der Waals surface area (Å²) in [5, 5.41) is 0.698. The van der Waals surface area contributed by atoms with Crippen molar-refractivity contribution in [1.82, 2.24) is 0 Å². The summed E-state index contributed by atoms with van der Waals surface area (Å²) >= 11 is 5.86. The van der Waals surface area contributed by atoms with Crippen molar-refractivity contribution in [2.45, 2.75) is 6.42 Å². The minimum absolute atomic E-state index is 0.698. The van der Waals surface area contributed by atoms with E-state index in [1.54, 1.807) is 6.08 Å². The van der Waals surface area contributed by atoms with Crippen LogP contribution in [0, 0.1) is 0 Å². The maximum atomic E-state index is 10.7. The second-order valence-electron chi connectivity index (χ2n) is 4.00. The minimum atomic E-state index is 0.698. The van der Waals surface area contributed by atoms with Gasteiger partial charge in [0.1, 0.15) is 6.29 Å². The molecule has 0 aliphatic heterocycles. The smallest absolute Gasteiger partial charge is 0.143 e. The quantitative estimate of drug-likeness (QED) is 0.593. The molecular weight excluding hydrogens is 244 g/mol. The Labute approximate surface area is 112 Å². The Kier molecular flexibility index (Phi) is 4.32. The molecule has 0 aromatic heterocycles. The van der Waals surface area contributed by atoms with Gasteiger partial charge in [-0.3, -0.25) is 4.79 Å². The molecule has 0 amide bonds.